The summed E-state index contributed by atoms with van der Waals surface area (Å²) in [6, 6.07) is 7.97. The summed E-state index contributed by atoms with van der Waals surface area (Å²) in [5.41, 5.74) is 3.33. The van der Waals surface area contributed by atoms with Crippen molar-refractivity contribution in [3.63, 3.8) is 0 Å². The maximum Gasteiger partial charge on any atom is 0.161 e. The second kappa shape index (κ2) is 11.3. The lowest BCUT2D eigenvalue weighted by Crippen LogP contribution is -2.42. The molecule has 1 aromatic heterocycles. The number of ether oxygens (including phenoxy) is 3. The maximum absolute atomic E-state index is 10.3. The van der Waals surface area contributed by atoms with Gasteiger partial charge in [0.15, 0.2) is 11.5 Å². The van der Waals surface area contributed by atoms with Crippen molar-refractivity contribution in [1.29, 1.82) is 0 Å². The van der Waals surface area contributed by atoms with Crippen LogP contribution in [-0.4, -0.2) is 79.0 Å². The third kappa shape index (κ3) is 6.70. The highest BCUT2D eigenvalue weighted by Gasteiger charge is 2.16. The van der Waals surface area contributed by atoms with Crippen molar-refractivity contribution in [2.45, 2.75) is 33.0 Å². The first-order valence-corrected chi connectivity index (χ1v) is 10.5. The number of nitrogens with zero attached hydrogens (tertiary/aromatic N) is 3. The molecule has 0 radical (unpaired) electrons. The van der Waals surface area contributed by atoms with Gasteiger partial charge in [0, 0.05) is 38.4 Å². The number of β-amino-alcohol motifs (C(OH)–C–C–N with tert-alkyl or cyclic N) is 1. The Balaban J connectivity index is 1.43. The van der Waals surface area contributed by atoms with E-state index >= 15 is 0 Å². The minimum Gasteiger partial charge on any atom is -0.493 e. The Morgan fingerprint density at radius 2 is 2.00 bits per heavy atom. The molecule has 2 aromatic rings. The Kier molecular flexibility index (Phi) is 8.50. The Labute approximate surface area is 178 Å². The molecule has 1 aliphatic heterocycles. The molecule has 0 saturated carbocycles. The third-order valence-corrected chi connectivity index (χ3v) is 5.16. The van der Waals surface area contributed by atoms with Gasteiger partial charge in [-0.2, -0.15) is 5.10 Å². The summed E-state index contributed by atoms with van der Waals surface area (Å²) in [7, 11) is 1.63. The summed E-state index contributed by atoms with van der Waals surface area (Å²) < 4.78 is 18.7. The molecule has 1 aromatic carbocycles. The number of aliphatic hydroxyl groups is 1. The summed E-state index contributed by atoms with van der Waals surface area (Å²) in [6.45, 7) is 10.4. The molecule has 2 N–H and O–H groups in total. The van der Waals surface area contributed by atoms with Crippen LogP contribution >= 0.6 is 0 Å². The highest BCUT2D eigenvalue weighted by molar-refractivity contribution is 5.43. The first-order chi connectivity index (χ1) is 14.5. The molecule has 1 aliphatic rings. The molecule has 1 saturated heterocycles. The van der Waals surface area contributed by atoms with E-state index in [1.807, 2.05) is 29.8 Å². The van der Waals surface area contributed by atoms with Crippen LogP contribution in [0, 0.1) is 13.8 Å². The fourth-order valence-corrected chi connectivity index (χ4v) is 3.58. The van der Waals surface area contributed by atoms with E-state index < -0.39 is 6.10 Å². The summed E-state index contributed by atoms with van der Waals surface area (Å²) in [5.74, 6) is 1.32. The highest BCUT2D eigenvalue weighted by Crippen LogP contribution is 2.28. The molecule has 30 heavy (non-hydrogen) atoms. The monoisotopic (exact) mass is 418 g/mol. The zero-order valence-electron chi connectivity index (χ0n) is 18.3. The van der Waals surface area contributed by atoms with E-state index in [1.165, 1.54) is 5.69 Å². The van der Waals surface area contributed by atoms with Crippen molar-refractivity contribution < 1.29 is 19.3 Å². The number of nitrogens with one attached hydrogen (secondary N) is 1. The molecular weight excluding hydrogens is 384 g/mol. The van der Waals surface area contributed by atoms with Gasteiger partial charge in [-0.1, -0.05) is 6.07 Å². The van der Waals surface area contributed by atoms with Crippen LogP contribution < -0.4 is 14.8 Å². The summed E-state index contributed by atoms with van der Waals surface area (Å²) in [4.78, 5) is 2.19. The number of methoxy groups -OCH3 is 1. The first kappa shape index (κ1) is 22.6. The third-order valence-electron chi connectivity index (χ3n) is 5.16. The SMILES string of the molecule is COc1cc(CNCCn2nc(C)cc2C)ccc1OC[C@@H](O)CN1CCOCC1. The van der Waals surface area contributed by atoms with Crippen molar-refractivity contribution in [2.75, 3.05) is 53.1 Å². The van der Waals surface area contributed by atoms with E-state index in [9.17, 15) is 5.11 Å². The van der Waals surface area contributed by atoms with Crippen molar-refractivity contribution >= 4 is 0 Å². The van der Waals surface area contributed by atoms with Crippen LogP contribution in [-0.2, 0) is 17.8 Å². The van der Waals surface area contributed by atoms with Crippen molar-refractivity contribution in [2.24, 2.45) is 0 Å². The molecule has 0 bridgehead atoms. The van der Waals surface area contributed by atoms with E-state index in [0.29, 0.717) is 18.0 Å². The number of morpholine rings is 1. The van der Waals surface area contributed by atoms with Gasteiger partial charge in [-0.05, 0) is 37.6 Å². The quantitative estimate of drug-likeness (QED) is 0.534. The number of benzene rings is 1. The molecule has 8 heteroatoms. The zero-order chi connectivity index (χ0) is 21.3. The molecule has 0 aliphatic carbocycles. The van der Waals surface area contributed by atoms with Crippen LogP contribution in [0.25, 0.3) is 0 Å². The Bertz CT molecular complexity index is 789. The molecule has 2 heterocycles. The molecule has 8 nitrogen and oxygen atoms in total. The normalized spacial score (nSPS) is 15.9. The summed E-state index contributed by atoms with van der Waals surface area (Å²) >= 11 is 0. The van der Waals surface area contributed by atoms with Crippen molar-refractivity contribution in [3.05, 3.63) is 41.2 Å². The van der Waals surface area contributed by atoms with Crippen LogP contribution in [0.15, 0.2) is 24.3 Å². The van der Waals surface area contributed by atoms with Crippen LogP contribution in [0.3, 0.4) is 0 Å². The van der Waals surface area contributed by atoms with Gasteiger partial charge in [-0.25, -0.2) is 0 Å². The molecular formula is C22H34N4O4. The predicted molar refractivity (Wildman–Crippen MR) is 115 cm³/mol. The number of aromatic nitrogens is 2. The fourth-order valence-electron chi connectivity index (χ4n) is 3.58. The van der Waals surface area contributed by atoms with Gasteiger partial charge in [-0.3, -0.25) is 9.58 Å². The Hall–Kier alpha value is -2.13. The highest BCUT2D eigenvalue weighted by atomic mass is 16.5. The smallest absolute Gasteiger partial charge is 0.161 e. The zero-order valence-corrected chi connectivity index (χ0v) is 18.3. The number of hydrogen-bond acceptors (Lipinski definition) is 7. The van der Waals surface area contributed by atoms with Gasteiger partial charge >= 0.3 is 0 Å². The largest absolute Gasteiger partial charge is 0.493 e. The van der Waals surface area contributed by atoms with Gasteiger partial charge in [0.25, 0.3) is 0 Å². The Morgan fingerprint density at radius 3 is 2.70 bits per heavy atom. The van der Waals surface area contributed by atoms with Gasteiger partial charge in [0.1, 0.15) is 12.7 Å². The van der Waals surface area contributed by atoms with Crippen LogP contribution in [0.5, 0.6) is 11.5 Å². The van der Waals surface area contributed by atoms with Gasteiger partial charge in [-0.15, -0.1) is 0 Å². The second-order valence-corrected chi connectivity index (χ2v) is 7.69. The predicted octanol–water partition coefficient (Wildman–Crippen LogP) is 1.37. The summed E-state index contributed by atoms with van der Waals surface area (Å²) in [5, 5.41) is 18.2. The minimum absolute atomic E-state index is 0.230. The van der Waals surface area contributed by atoms with E-state index in [-0.39, 0.29) is 6.61 Å². The van der Waals surface area contributed by atoms with E-state index in [1.54, 1.807) is 7.11 Å². The van der Waals surface area contributed by atoms with Crippen LogP contribution in [0.1, 0.15) is 17.0 Å². The number of rotatable bonds is 11. The molecule has 0 unspecified atom stereocenters. The molecule has 3 rings (SSSR count). The second-order valence-electron chi connectivity index (χ2n) is 7.69. The average Bonchev–Trinajstić information content (AvgIpc) is 3.07. The first-order valence-electron chi connectivity index (χ1n) is 10.5. The minimum atomic E-state index is -0.552. The number of aliphatic hydroxyl groups excluding tert-OH is 1. The lowest BCUT2D eigenvalue weighted by Gasteiger charge is -2.28. The van der Waals surface area contributed by atoms with Gasteiger partial charge in [0.05, 0.1) is 32.6 Å². The Morgan fingerprint density at radius 1 is 1.20 bits per heavy atom. The fraction of sp³-hybridized carbons (Fsp3) is 0.591. The van der Waals surface area contributed by atoms with E-state index in [0.717, 1.165) is 57.2 Å². The maximum atomic E-state index is 10.3. The van der Waals surface area contributed by atoms with Gasteiger partial charge in [0.2, 0.25) is 0 Å². The van der Waals surface area contributed by atoms with Crippen molar-refractivity contribution in [1.82, 2.24) is 20.0 Å². The number of aryl methyl sites for hydroxylation is 2. The van der Waals surface area contributed by atoms with E-state index in [2.05, 4.69) is 28.3 Å². The molecule has 1 fully saturated rings. The van der Waals surface area contributed by atoms with Gasteiger partial charge < -0.3 is 24.6 Å². The average molecular weight is 419 g/mol. The van der Waals surface area contributed by atoms with Crippen LogP contribution in [0.2, 0.25) is 0 Å². The van der Waals surface area contributed by atoms with Crippen LogP contribution in [0.4, 0.5) is 0 Å². The lowest BCUT2D eigenvalue weighted by molar-refractivity contribution is 0.00445. The van der Waals surface area contributed by atoms with Crippen molar-refractivity contribution in [3.8, 4) is 11.5 Å². The topological polar surface area (TPSA) is 81.0 Å². The summed E-state index contributed by atoms with van der Waals surface area (Å²) in [6.07, 6.45) is -0.552. The number of hydrogen-bond donors (Lipinski definition) is 2. The standard InChI is InChI=1S/C22H34N4O4/c1-17-12-18(2)26(24-17)7-6-23-14-19-4-5-21(22(13-19)28-3)30-16-20(27)15-25-8-10-29-11-9-25/h4-5,12-13,20,23,27H,6-11,14-16H2,1-3H3/t20-/m0/s1. The molecule has 1 atom stereocenters. The molecule has 0 amide bonds. The molecule has 166 valence electrons. The molecule has 0 spiro atoms. The lowest BCUT2D eigenvalue weighted by atomic mass is 10.2. The van der Waals surface area contributed by atoms with E-state index in [4.69, 9.17) is 14.2 Å².